The molecular formula is C13H19FN2O. The van der Waals surface area contributed by atoms with Crippen LogP contribution in [0.4, 0.5) is 4.39 Å². The van der Waals surface area contributed by atoms with Crippen molar-refractivity contribution in [3.05, 3.63) is 35.6 Å². The lowest BCUT2D eigenvalue weighted by Gasteiger charge is -2.14. The summed E-state index contributed by atoms with van der Waals surface area (Å²) in [5.74, 6) is -0.302. The van der Waals surface area contributed by atoms with Crippen LogP contribution < -0.4 is 11.1 Å². The molecule has 0 spiro atoms. The molecule has 0 aliphatic carbocycles. The fraction of sp³-hybridized carbons (Fsp3) is 0.462. The SMILES string of the molecule is CC(N)CCC(=O)NC(C)c1ccc(F)cc1. The van der Waals surface area contributed by atoms with Gasteiger partial charge in [-0.25, -0.2) is 4.39 Å². The summed E-state index contributed by atoms with van der Waals surface area (Å²) in [5, 5.41) is 2.85. The van der Waals surface area contributed by atoms with Crippen LogP contribution in [-0.2, 0) is 4.79 Å². The van der Waals surface area contributed by atoms with Crippen LogP contribution in [0.2, 0.25) is 0 Å². The number of rotatable bonds is 5. The van der Waals surface area contributed by atoms with Gasteiger partial charge in [-0.15, -0.1) is 0 Å². The van der Waals surface area contributed by atoms with E-state index in [4.69, 9.17) is 5.73 Å². The van der Waals surface area contributed by atoms with E-state index in [2.05, 4.69) is 5.32 Å². The first-order valence-electron chi connectivity index (χ1n) is 5.79. The van der Waals surface area contributed by atoms with Gasteiger partial charge in [0.1, 0.15) is 5.82 Å². The molecule has 2 atom stereocenters. The fourth-order valence-corrected chi connectivity index (χ4v) is 1.51. The molecule has 1 aromatic rings. The van der Waals surface area contributed by atoms with Gasteiger partial charge in [0.25, 0.3) is 0 Å². The van der Waals surface area contributed by atoms with Gasteiger partial charge < -0.3 is 11.1 Å². The molecule has 0 bridgehead atoms. The Bertz CT molecular complexity index is 362. The highest BCUT2D eigenvalue weighted by atomic mass is 19.1. The third-order valence-electron chi connectivity index (χ3n) is 2.57. The number of benzene rings is 1. The van der Waals surface area contributed by atoms with Crippen molar-refractivity contribution in [1.82, 2.24) is 5.32 Å². The lowest BCUT2D eigenvalue weighted by atomic mass is 10.1. The summed E-state index contributed by atoms with van der Waals surface area (Å²) >= 11 is 0. The van der Waals surface area contributed by atoms with Gasteiger partial charge in [-0.2, -0.15) is 0 Å². The zero-order chi connectivity index (χ0) is 12.8. The number of amides is 1. The lowest BCUT2D eigenvalue weighted by molar-refractivity contribution is -0.121. The Morgan fingerprint density at radius 1 is 1.35 bits per heavy atom. The molecule has 4 heteroatoms. The summed E-state index contributed by atoms with van der Waals surface area (Å²) < 4.78 is 12.7. The van der Waals surface area contributed by atoms with E-state index in [1.807, 2.05) is 13.8 Å². The smallest absolute Gasteiger partial charge is 0.220 e. The first-order chi connectivity index (χ1) is 7.99. The van der Waals surface area contributed by atoms with E-state index in [0.717, 1.165) is 5.56 Å². The average Bonchev–Trinajstić information content (AvgIpc) is 2.27. The van der Waals surface area contributed by atoms with E-state index in [1.165, 1.54) is 12.1 Å². The quantitative estimate of drug-likeness (QED) is 0.825. The number of halogens is 1. The van der Waals surface area contributed by atoms with Gasteiger partial charge in [-0.05, 0) is 38.0 Å². The molecule has 3 N–H and O–H groups in total. The maximum Gasteiger partial charge on any atom is 0.220 e. The highest BCUT2D eigenvalue weighted by Gasteiger charge is 2.09. The average molecular weight is 238 g/mol. The Balaban J connectivity index is 2.46. The Kier molecular flexibility index (Phi) is 5.10. The number of carbonyl (C=O) groups is 1. The molecule has 0 radical (unpaired) electrons. The van der Waals surface area contributed by atoms with Gasteiger partial charge in [0, 0.05) is 12.5 Å². The summed E-state index contributed by atoms with van der Waals surface area (Å²) in [6.07, 6.45) is 1.09. The fourth-order valence-electron chi connectivity index (χ4n) is 1.51. The monoisotopic (exact) mass is 238 g/mol. The Morgan fingerprint density at radius 3 is 2.47 bits per heavy atom. The van der Waals surface area contributed by atoms with Crippen LogP contribution >= 0.6 is 0 Å². The van der Waals surface area contributed by atoms with Crippen LogP contribution in [0.5, 0.6) is 0 Å². The van der Waals surface area contributed by atoms with E-state index in [9.17, 15) is 9.18 Å². The molecule has 0 aromatic heterocycles. The molecule has 3 nitrogen and oxygen atoms in total. The van der Waals surface area contributed by atoms with Crippen molar-refractivity contribution in [2.45, 2.75) is 38.8 Å². The zero-order valence-electron chi connectivity index (χ0n) is 10.2. The van der Waals surface area contributed by atoms with E-state index < -0.39 is 0 Å². The molecule has 0 saturated heterocycles. The zero-order valence-corrected chi connectivity index (χ0v) is 10.2. The second kappa shape index (κ2) is 6.35. The van der Waals surface area contributed by atoms with Crippen molar-refractivity contribution in [2.75, 3.05) is 0 Å². The van der Waals surface area contributed by atoms with Crippen LogP contribution in [0, 0.1) is 5.82 Å². The van der Waals surface area contributed by atoms with Crippen LogP contribution in [0.3, 0.4) is 0 Å². The highest BCUT2D eigenvalue weighted by molar-refractivity contribution is 5.76. The van der Waals surface area contributed by atoms with E-state index in [1.54, 1.807) is 12.1 Å². The largest absolute Gasteiger partial charge is 0.350 e. The minimum atomic E-state index is -0.274. The Labute approximate surface area is 101 Å². The normalized spacial score (nSPS) is 14.1. The third-order valence-corrected chi connectivity index (χ3v) is 2.57. The number of hydrogen-bond acceptors (Lipinski definition) is 2. The molecule has 1 aromatic carbocycles. The predicted octanol–water partition coefficient (Wildman–Crippen LogP) is 2.13. The van der Waals surface area contributed by atoms with Gasteiger partial charge >= 0.3 is 0 Å². The first kappa shape index (κ1) is 13.6. The topological polar surface area (TPSA) is 55.1 Å². The van der Waals surface area contributed by atoms with Crippen molar-refractivity contribution in [3.63, 3.8) is 0 Å². The predicted molar refractivity (Wildman–Crippen MR) is 65.8 cm³/mol. The molecule has 17 heavy (non-hydrogen) atoms. The molecule has 0 heterocycles. The summed E-state index contributed by atoms with van der Waals surface area (Å²) in [6.45, 7) is 3.74. The van der Waals surface area contributed by atoms with Crippen molar-refractivity contribution < 1.29 is 9.18 Å². The molecule has 0 aliphatic heterocycles. The summed E-state index contributed by atoms with van der Waals surface area (Å²) in [6, 6.07) is 6.04. The van der Waals surface area contributed by atoms with Crippen molar-refractivity contribution in [2.24, 2.45) is 5.73 Å². The summed E-state index contributed by atoms with van der Waals surface area (Å²) in [4.78, 5) is 11.6. The molecule has 1 rings (SSSR count). The maximum atomic E-state index is 12.7. The molecule has 94 valence electrons. The van der Waals surface area contributed by atoms with Gasteiger partial charge in [0.05, 0.1) is 6.04 Å². The van der Waals surface area contributed by atoms with Crippen LogP contribution in [0.15, 0.2) is 24.3 Å². The van der Waals surface area contributed by atoms with Crippen molar-refractivity contribution >= 4 is 5.91 Å². The molecule has 0 saturated carbocycles. The highest BCUT2D eigenvalue weighted by Crippen LogP contribution is 2.13. The minimum absolute atomic E-state index is 0.0286. The number of carbonyl (C=O) groups excluding carboxylic acids is 1. The minimum Gasteiger partial charge on any atom is -0.350 e. The van der Waals surface area contributed by atoms with E-state index in [-0.39, 0.29) is 23.8 Å². The Hall–Kier alpha value is -1.42. The summed E-state index contributed by atoms with van der Waals surface area (Å²) in [7, 11) is 0. The van der Waals surface area contributed by atoms with Gasteiger partial charge in [-0.3, -0.25) is 4.79 Å². The first-order valence-corrected chi connectivity index (χ1v) is 5.79. The molecule has 0 fully saturated rings. The second-order valence-corrected chi connectivity index (χ2v) is 4.36. The number of nitrogens with two attached hydrogens (primary N) is 1. The number of hydrogen-bond donors (Lipinski definition) is 2. The lowest BCUT2D eigenvalue weighted by Crippen LogP contribution is -2.28. The van der Waals surface area contributed by atoms with Crippen LogP contribution in [0.1, 0.15) is 38.3 Å². The van der Waals surface area contributed by atoms with Gasteiger partial charge in [0.2, 0.25) is 5.91 Å². The van der Waals surface area contributed by atoms with Crippen LogP contribution in [0.25, 0.3) is 0 Å². The second-order valence-electron chi connectivity index (χ2n) is 4.36. The van der Waals surface area contributed by atoms with Crippen LogP contribution in [-0.4, -0.2) is 11.9 Å². The third kappa shape index (κ3) is 4.95. The van der Waals surface area contributed by atoms with Crippen molar-refractivity contribution in [1.29, 1.82) is 0 Å². The van der Waals surface area contributed by atoms with Gasteiger partial charge in [-0.1, -0.05) is 12.1 Å². The Morgan fingerprint density at radius 2 is 1.94 bits per heavy atom. The molecule has 0 aliphatic rings. The molecule has 1 amide bonds. The van der Waals surface area contributed by atoms with Crippen molar-refractivity contribution in [3.8, 4) is 0 Å². The molecular weight excluding hydrogens is 219 g/mol. The summed E-state index contributed by atoms with van der Waals surface area (Å²) in [5.41, 5.74) is 6.47. The van der Waals surface area contributed by atoms with E-state index >= 15 is 0 Å². The molecule has 2 unspecified atom stereocenters. The van der Waals surface area contributed by atoms with E-state index in [0.29, 0.717) is 12.8 Å². The van der Waals surface area contributed by atoms with Gasteiger partial charge in [0.15, 0.2) is 0 Å². The maximum absolute atomic E-state index is 12.7. The standard InChI is InChI=1S/C13H19FN2O/c1-9(15)3-8-13(17)16-10(2)11-4-6-12(14)7-5-11/h4-7,9-10H,3,8,15H2,1-2H3,(H,16,17). The number of nitrogens with one attached hydrogen (secondary N) is 1.